The highest BCUT2D eigenvalue weighted by Crippen LogP contribution is 2.53. The zero-order valence-corrected chi connectivity index (χ0v) is 11.1. The number of nitrogens with one attached hydrogen (secondary N) is 1. The standard InChI is InChI=1S/C13H14N2O2S/c1-8-10(13(4-5-13)12(16)17-2)18-11(15-8)9-3-6-14-7-9/h3,6-7,14H,4-5H2,1-2H3. The van der Waals surface area contributed by atoms with E-state index in [-0.39, 0.29) is 5.97 Å². The van der Waals surface area contributed by atoms with Crippen LogP contribution in [0.5, 0.6) is 0 Å². The van der Waals surface area contributed by atoms with Crippen molar-refractivity contribution in [1.29, 1.82) is 0 Å². The Balaban J connectivity index is 2.02. The zero-order valence-electron chi connectivity index (χ0n) is 10.3. The smallest absolute Gasteiger partial charge is 0.317 e. The Labute approximate surface area is 109 Å². The lowest BCUT2D eigenvalue weighted by molar-refractivity contribution is -0.143. The number of H-pyrrole nitrogens is 1. The van der Waals surface area contributed by atoms with Gasteiger partial charge in [0.15, 0.2) is 0 Å². The van der Waals surface area contributed by atoms with Crippen LogP contribution in [-0.2, 0) is 14.9 Å². The lowest BCUT2D eigenvalue weighted by Gasteiger charge is -2.10. The Morgan fingerprint density at radius 1 is 1.56 bits per heavy atom. The molecule has 2 aromatic rings. The molecule has 0 atom stereocenters. The molecule has 0 aromatic carbocycles. The molecular weight excluding hydrogens is 248 g/mol. The van der Waals surface area contributed by atoms with Gasteiger partial charge in [-0.1, -0.05) is 0 Å². The molecule has 0 aliphatic heterocycles. The number of aromatic nitrogens is 2. The van der Waals surface area contributed by atoms with E-state index in [1.54, 1.807) is 11.3 Å². The van der Waals surface area contributed by atoms with Gasteiger partial charge in [-0.3, -0.25) is 4.79 Å². The summed E-state index contributed by atoms with van der Waals surface area (Å²) in [7, 11) is 1.45. The Morgan fingerprint density at radius 3 is 2.89 bits per heavy atom. The van der Waals surface area contributed by atoms with Gasteiger partial charge in [0.1, 0.15) is 10.4 Å². The van der Waals surface area contributed by atoms with Crippen LogP contribution in [0, 0.1) is 6.92 Å². The number of carbonyl (C=O) groups excluding carboxylic acids is 1. The van der Waals surface area contributed by atoms with Gasteiger partial charge in [0, 0.05) is 22.8 Å². The van der Waals surface area contributed by atoms with E-state index in [0.29, 0.717) is 0 Å². The topological polar surface area (TPSA) is 55.0 Å². The van der Waals surface area contributed by atoms with Gasteiger partial charge in [-0.2, -0.15) is 0 Å². The molecule has 1 aliphatic carbocycles. The molecule has 3 rings (SSSR count). The highest BCUT2D eigenvalue weighted by molar-refractivity contribution is 7.15. The molecule has 2 heterocycles. The van der Waals surface area contributed by atoms with Crippen LogP contribution in [0.15, 0.2) is 18.5 Å². The van der Waals surface area contributed by atoms with Gasteiger partial charge in [-0.25, -0.2) is 4.98 Å². The maximum atomic E-state index is 11.9. The monoisotopic (exact) mass is 262 g/mol. The fourth-order valence-electron chi connectivity index (χ4n) is 2.27. The summed E-state index contributed by atoms with van der Waals surface area (Å²) in [6, 6.07) is 1.99. The van der Waals surface area contributed by atoms with Crippen molar-refractivity contribution in [1.82, 2.24) is 9.97 Å². The summed E-state index contributed by atoms with van der Waals surface area (Å²) in [5.41, 5.74) is 1.60. The molecule has 94 valence electrons. The first kappa shape index (κ1) is 11.5. The minimum Gasteiger partial charge on any atom is -0.468 e. The van der Waals surface area contributed by atoms with E-state index in [1.165, 1.54) is 7.11 Å². The molecule has 0 bridgehead atoms. The van der Waals surface area contributed by atoms with Crippen molar-refractivity contribution in [3.8, 4) is 10.6 Å². The van der Waals surface area contributed by atoms with Gasteiger partial charge < -0.3 is 9.72 Å². The van der Waals surface area contributed by atoms with Crippen molar-refractivity contribution in [3.63, 3.8) is 0 Å². The number of methoxy groups -OCH3 is 1. The Bertz CT molecular complexity index is 582. The molecule has 0 radical (unpaired) electrons. The summed E-state index contributed by atoms with van der Waals surface area (Å²) in [5, 5.41) is 0.957. The highest BCUT2D eigenvalue weighted by Gasteiger charge is 2.54. The largest absolute Gasteiger partial charge is 0.468 e. The summed E-state index contributed by atoms with van der Waals surface area (Å²) in [5.74, 6) is -0.130. The van der Waals surface area contributed by atoms with Crippen molar-refractivity contribution in [2.75, 3.05) is 7.11 Å². The average molecular weight is 262 g/mol. The Kier molecular flexibility index (Phi) is 2.52. The first-order chi connectivity index (χ1) is 8.67. The number of hydrogen-bond donors (Lipinski definition) is 1. The predicted octanol–water partition coefficient (Wildman–Crippen LogP) is 2.65. The third kappa shape index (κ3) is 1.58. The number of hydrogen-bond acceptors (Lipinski definition) is 4. The quantitative estimate of drug-likeness (QED) is 0.865. The molecule has 1 saturated carbocycles. The molecule has 1 N–H and O–H groups in total. The third-order valence-corrected chi connectivity index (χ3v) is 4.81. The molecule has 5 heteroatoms. The van der Waals surface area contributed by atoms with Crippen LogP contribution in [0.25, 0.3) is 10.6 Å². The van der Waals surface area contributed by atoms with Crippen molar-refractivity contribution in [3.05, 3.63) is 29.0 Å². The van der Waals surface area contributed by atoms with Crippen molar-refractivity contribution in [2.45, 2.75) is 25.2 Å². The number of nitrogens with zero attached hydrogens (tertiary/aromatic N) is 1. The molecule has 0 amide bonds. The van der Waals surface area contributed by atoms with Crippen molar-refractivity contribution < 1.29 is 9.53 Å². The normalized spacial score (nSPS) is 16.6. The number of aryl methyl sites for hydroxylation is 1. The van der Waals surface area contributed by atoms with Gasteiger partial charge in [0.2, 0.25) is 0 Å². The molecule has 2 aromatic heterocycles. The van der Waals surface area contributed by atoms with Gasteiger partial charge in [-0.15, -0.1) is 11.3 Å². The van der Waals surface area contributed by atoms with E-state index in [0.717, 1.165) is 34.0 Å². The number of ether oxygens (including phenoxy) is 1. The second-order valence-electron chi connectivity index (χ2n) is 4.61. The van der Waals surface area contributed by atoms with E-state index < -0.39 is 5.41 Å². The third-order valence-electron chi connectivity index (χ3n) is 3.40. The van der Waals surface area contributed by atoms with Crippen LogP contribution in [0.4, 0.5) is 0 Å². The molecular formula is C13H14N2O2S. The van der Waals surface area contributed by atoms with Gasteiger partial charge in [0.05, 0.1) is 12.8 Å². The van der Waals surface area contributed by atoms with Crippen molar-refractivity contribution >= 4 is 17.3 Å². The van der Waals surface area contributed by atoms with E-state index in [9.17, 15) is 4.79 Å². The first-order valence-corrected chi connectivity index (χ1v) is 6.68. The van der Waals surface area contributed by atoms with Crippen LogP contribution >= 0.6 is 11.3 Å². The number of aromatic amines is 1. The van der Waals surface area contributed by atoms with E-state index >= 15 is 0 Å². The highest BCUT2D eigenvalue weighted by atomic mass is 32.1. The maximum Gasteiger partial charge on any atom is 0.317 e. The predicted molar refractivity (Wildman–Crippen MR) is 69.6 cm³/mol. The van der Waals surface area contributed by atoms with Crippen LogP contribution in [-0.4, -0.2) is 23.0 Å². The summed E-state index contributed by atoms with van der Waals surface area (Å²) < 4.78 is 4.92. The van der Waals surface area contributed by atoms with Crippen LogP contribution in [0.1, 0.15) is 23.4 Å². The molecule has 1 fully saturated rings. The second-order valence-corrected chi connectivity index (χ2v) is 5.61. The minimum atomic E-state index is -0.412. The lowest BCUT2D eigenvalue weighted by Crippen LogP contribution is -2.21. The number of rotatable bonds is 3. The summed E-state index contributed by atoms with van der Waals surface area (Å²) >= 11 is 1.60. The molecule has 0 unspecified atom stereocenters. The maximum absolute atomic E-state index is 11.9. The molecule has 1 aliphatic rings. The van der Waals surface area contributed by atoms with Gasteiger partial charge >= 0.3 is 5.97 Å². The molecule has 18 heavy (non-hydrogen) atoms. The number of esters is 1. The molecule has 0 saturated heterocycles. The second kappa shape index (κ2) is 3.95. The summed E-state index contributed by atoms with van der Waals surface area (Å²) in [4.78, 5) is 20.5. The Hall–Kier alpha value is -1.62. The fourth-order valence-corrected chi connectivity index (χ4v) is 3.56. The van der Waals surface area contributed by atoms with Gasteiger partial charge in [-0.05, 0) is 25.8 Å². The fraction of sp³-hybridized carbons (Fsp3) is 0.385. The van der Waals surface area contributed by atoms with Crippen LogP contribution in [0.2, 0.25) is 0 Å². The van der Waals surface area contributed by atoms with Gasteiger partial charge in [0.25, 0.3) is 0 Å². The van der Waals surface area contributed by atoms with Crippen LogP contribution < -0.4 is 0 Å². The van der Waals surface area contributed by atoms with Crippen molar-refractivity contribution in [2.24, 2.45) is 0 Å². The van der Waals surface area contributed by atoms with E-state index in [4.69, 9.17) is 4.74 Å². The molecule has 4 nitrogen and oxygen atoms in total. The molecule has 0 spiro atoms. The summed E-state index contributed by atoms with van der Waals surface area (Å²) in [6.07, 6.45) is 5.53. The number of thiazole rings is 1. The lowest BCUT2D eigenvalue weighted by atomic mass is 10.0. The first-order valence-electron chi connectivity index (χ1n) is 5.87. The minimum absolute atomic E-state index is 0.130. The van der Waals surface area contributed by atoms with E-state index in [1.807, 2.05) is 25.4 Å². The Morgan fingerprint density at radius 2 is 2.33 bits per heavy atom. The SMILES string of the molecule is COC(=O)C1(c2sc(-c3cc[nH]c3)nc2C)CC1. The zero-order chi connectivity index (χ0) is 12.8. The average Bonchev–Trinajstić information content (AvgIpc) is 2.83. The summed E-state index contributed by atoms with van der Waals surface area (Å²) in [6.45, 7) is 1.96. The van der Waals surface area contributed by atoms with E-state index in [2.05, 4.69) is 9.97 Å². The number of carbonyl (C=O) groups is 1. The van der Waals surface area contributed by atoms with Crippen LogP contribution in [0.3, 0.4) is 0 Å².